The second kappa shape index (κ2) is 9.96. The van der Waals surface area contributed by atoms with Crippen LogP contribution in [0.25, 0.3) is 0 Å². The Morgan fingerprint density at radius 3 is 2.68 bits per heavy atom. The average Bonchev–Trinajstić information content (AvgIpc) is 2.87. The van der Waals surface area contributed by atoms with Crippen LogP contribution in [0.5, 0.6) is 0 Å². The highest BCUT2D eigenvalue weighted by Gasteiger charge is 2.19. The fourth-order valence-electron chi connectivity index (χ4n) is 2.27. The summed E-state index contributed by atoms with van der Waals surface area (Å²) in [5, 5.41) is 3.47. The molecule has 126 valence electrons. The summed E-state index contributed by atoms with van der Waals surface area (Å²) in [6.07, 6.45) is 1.84. The van der Waals surface area contributed by atoms with Gasteiger partial charge in [-0.2, -0.15) is 0 Å². The summed E-state index contributed by atoms with van der Waals surface area (Å²) < 4.78 is 4.91. The number of hydrogen-bond acceptors (Lipinski definition) is 7. The Morgan fingerprint density at radius 1 is 1.41 bits per heavy atom. The maximum absolute atomic E-state index is 11.7. The largest absolute Gasteiger partial charge is 0.383 e. The molecule has 3 N–H and O–H groups in total. The van der Waals surface area contributed by atoms with Gasteiger partial charge in [0.15, 0.2) is 5.13 Å². The van der Waals surface area contributed by atoms with Gasteiger partial charge in [-0.25, -0.2) is 4.98 Å². The third-order valence-electron chi connectivity index (χ3n) is 3.41. The minimum atomic E-state index is 0. The molecule has 0 bridgehead atoms. The number of carbonyl (C=O) groups excluding carboxylic acids is 1. The maximum Gasteiger partial charge on any atom is 0.234 e. The van der Waals surface area contributed by atoms with E-state index in [4.69, 9.17) is 10.5 Å². The van der Waals surface area contributed by atoms with Crippen LogP contribution < -0.4 is 11.1 Å². The lowest BCUT2D eigenvalue weighted by Gasteiger charge is -2.33. The molecule has 0 aliphatic carbocycles. The van der Waals surface area contributed by atoms with Crippen LogP contribution in [0.1, 0.15) is 4.88 Å². The summed E-state index contributed by atoms with van der Waals surface area (Å²) >= 11 is 1.54. The molecule has 22 heavy (non-hydrogen) atoms. The smallest absolute Gasteiger partial charge is 0.234 e. The average molecular weight is 350 g/mol. The van der Waals surface area contributed by atoms with Crippen molar-refractivity contribution < 1.29 is 9.53 Å². The topological polar surface area (TPSA) is 83.7 Å². The molecule has 1 aromatic heterocycles. The molecular formula is C13H24ClN5O2S. The lowest BCUT2D eigenvalue weighted by atomic mass is 10.3. The van der Waals surface area contributed by atoms with Gasteiger partial charge in [-0.05, 0) is 0 Å². The first-order valence-electron chi connectivity index (χ1n) is 7.08. The molecule has 1 saturated heterocycles. The fraction of sp³-hybridized carbons (Fsp3) is 0.692. The molecule has 0 aromatic carbocycles. The number of amides is 1. The molecule has 1 aliphatic heterocycles. The van der Waals surface area contributed by atoms with Gasteiger partial charge < -0.3 is 15.8 Å². The van der Waals surface area contributed by atoms with E-state index in [2.05, 4.69) is 20.1 Å². The van der Waals surface area contributed by atoms with E-state index in [-0.39, 0.29) is 18.3 Å². The molecule has 9 heteroatoms. The quantitative estimate of drug-likeness (QED) is 0.676. The van der Waals surface area contributed by atoms with Gasteiger partial charge in [-0.15, -0.1) is 23.7 Å². The van der Waals surface area contributed by atoms with Crippen LogP contribution in [0, 0.1) is 0 Å². The molecule has 2 heterocycles. The van der Waals surface area contributed by atoms with Crippen molar-refractivity contribution in [1.29, 1.82) is 0 Å². The highest BCUT2D eigenvalue weighted by Crippen LogP contribution is 2.17. The molecule has 2 rings (SSSR count). The number of carbonyl (C=O) groups is 1. The second-order valence-corrected chi connectivity index (χ2v) is 6.21. The number of methoxy groups -OCH3 is 1. The normalized spacial score (nSPS) is 16.2. The van der Waals surface area contributed by atoms with Crippen LogP contribution in [-0.2, 0) is 16.1 Å². The van der Waals surface area contributed by atoms with E-state index in [1.807, 2.05) is 6.20 Å². The lowest BCUT2D eigenvalue weighted by molar-refractivity contribution is -0.122. The zero-order valence-corrected chi connectivity index (χ0v) is 14.4. The number of piperazine rings is 1. The number of nitrogens with zero attached hydrogens (tertiary/aromatic N) is 3. The van der Waals surface area contributed by atoms with Gasteiger partial charge in [0.05, 0.1) is 13.2 Å². The minimum Gasteiger partial charge on any atom is -0.383 e. The lowest BCUT2D eigenvalue weighted by Crippen LogP contribution is -2.49. The van der Waals surface area contributed by atoms with E-state index < -0.39 is 0 Å². The molecule has 1 fully saturated rings. The van der Waals surface area contributed by atoms with E-state index in [9.17, 15) is 4.79 Å². The van der Waals surface area contributed by atoms with Crippen LogP contribution in [0.4, 0.5) is 5.13 Å². The number of nitrogens with one attached hydrogen (secondary N) is 1. The van der Waals surface area contributed by atoms with Crippen molar-refractivity contribution in [3.63, 3.8) is 0 Å². The van der Waals surface area contributed by atoms with E-state index in [1.165, 1.54) is 16.2 Å². The first-order chi connectivity index (χ1) is 10.2. The molecular weight excluding hydrogens is 326 g/mol. The van der Waals surface area contributed by atoms with Crippen molar-refractivity contribution in [2.75, 3.05) is 58.7 Å². The van der Waals surface area contributed by atoms with E-state index >= 15 is 0 Å². The molecule has 1 aliphatic rings. The van der Waals surface area contributed by atoms with Crippen LogP contribution in [0.3, 0.4) is 0 Å². The Balaban J connectivity index is 0.00000242. The Labute approximate surface area is 141 Å². The van der Waals surface area contributed by atoms with Gasteiger partial charge in [-0.1, -0.05) is 0 Å². The van der Waals surface area contributed by atoms with Crippen LogP contribution in [0.2, 0.25) is 0 Å². The molecule has 1 amide bonds. The summed E-state index contributed by atoms with van der Waals surface area (Å²) in [4.78, 5) is 21.5. The highest BCUT2D eigenvalue weighted by atomic mass is 35.5. The van der Waals surface area contributed by atoms with Gasteiger partial charge in [0.2, 0.25) is 5.91 Å². The number of halogens is 1. The molecule has 7 nitrogen and oxygen atoms in total. The number of hydrogen-bond donors (Lipinski definition) is 2. The van der Waals surface area contributed by atoms with Gasteiger partial charge in [0, 0.05) is 57.5 Å². The number of anilines is 1. The van der Waals surface area contributed by atoms with Crippen molar-refractivity contribution in [3.05, 3.63) is 11.1 Å². The molecule has 0 unspecified atom stereocenters. The molecule has 0 saturated carbocycles. The van der Waals surface area contributed by atoms with Gasteiger partial charge in [-0.3, -0.25) is 14.6 Å². The Kier molecular flexibility index (Phi) is 8.66. The van der Waals surface area contributed by atoms with E-state index in [0.717, 1.165) is 32.7 Å². The third-order valence-corrected chi connectivity index (χ3v) is 4.22. The number of nitrogens with two attached hydrogens (primary N) is 1. The summed E-state index contributed by atoms with van der Waals surface area (Å²) in [7, 11) is 1.63. The number of ether oxygens (including phenoxy) is 1. The van der Waals surface area contributed by atoms with Crippen LogP contribution in [0.15, 0.2) is 6.20 Å². The minimum absolute atomic E-state index is 0. The SMILES string of the molecule is COCCNC(=O)CN1CCN(Cc2cnc(N)s2)CC1.Cl. The zero-order valence-electron chi connectivity index (χ0n) is 12.8. The van der Waals surface area contributed by atoms with Gasteiger partial charge in [0.25, 0.3) is 0 Å². The molecule has 0 radical (unpaired) electrons. The first kappa shape index (κ1) is 19.1. The number of aromatic nitrogens is 1. The number of thiazole rings is 1. The Bertz CT molecular complexity index is 451. The number of rotatable bonds is 7. The summed E-state index contributed by atoms with van der Waals surface area (Å²) in [5.74, 6) is 0.0655. The first-order valence-corrected chi connectivity index (χ1v) is 7.89. The number of nitrogen functional groups attached to an aromatic ring is 1. The molecule has 1 aromatic rings. The summed E-state index contributed by atoms with van der Waals surface area (Å²) in [6.45, 7) is 6.22. The maximum atomic E-state index is 11.7. The van der Waals surface area contributed by atoms with Gasteiger partial charge >= 0.3 is 0 Å². The van der Waals surface area contributed by atoms with Crippen molar-refractivity contribution in [2.24, 2.45) is 0 Å². The van der Waals surface area contributed by atoms with E-state index in [1.54, 1.807) is 7.11 Å². The Morgan fingerprint density at radius 2 is 2.09 bits per heavy atom. The molecule has 0 spiro atoms. The Hall–Kier alpha value is -0.930. The predicted molar refractivity (Wildman–Crippen MR) is 90.4 cm³/mol. The molecule has 0 atom stereocenters. The standard InChI is InChI=1S/C13H23N5O2S.ClH/c1-20-7-2-15-12(19)10-18-5-3-17(4-6-18)9-11-8-16-13(14)21-11;/h8H,2-7,9-10H2,1H3,(H2,14,16)(H,15,19);1H. The van der Waals surface area contributed by atoms with Crippen molar-refractivity contribution in [1.82, 2.24) is 20.1 Å². The van der Waals surface area contributed by atoms with Gasteiger partial charge in [0.1, 0.15) is 0 Å². The zero-order chi connectivity index (χ0) is 15.1. The second-order valence-electron chi connectivity index (χ2n) is 5.06. The fourth-order valence-corrected chi connectivity index (χ4v) is 3.00. The van der Waals surface area contributed by atoms with E-state index in [0.29, 0.717) is 24.8 Å². The van der Waals surface area contributed by atoms with Crippen molar-refractivity contribution in [2.45, 2.75) is 6.54 Å². The van der Waals surface area contributed by atoms with Crippen molar-refractivity contribution >= 4 is 34.8 Å². The summed E-state index contributed by atoms with van der Waals surface area (Å²) in [6, 6.07) is 0. The van der Waals surface area contributed by atoms with Crippen LogP contribution in [-0.4, -0.2) is 73.7 Å². The monoisotopic (exact) mass is 349 g/mol. The predicted octanol–water partition coefficient (Wildman–Crippen LogP) is 0.0273. The van der Waals surface area contributed by atoms with Crippen molar-refractivity contribution in [3.8, 4) is 0 Å². The van der Waals surface area contributed by atoms with Crippen LogP contribution >= 0.6 is 23.7 Å². The summed E-state index contributed by atoms with van der Waals surface area (Å²) in [5.41, 5.74) is 5.64. The third kappa shape index (κ3) is 6.45. The highest BCUT2D eigenvalue weighted by molar-refractivity contribution is 7.15.